The Morgan fingerprint density at radius 3 is 2.65 bits per heavy atom. The largest absolute Gasteiger partial charge is 0.457 e. The third-order valence-corrected chi connectivity index (χ3v) is 2.79. The van der Waals surface area contributed by atoms with Gasteiger partial charge in [-0.25, -0.2) is 9.18 Å². The molecule has 1 aromatic heterocycles. The number of hydrogen-bond donors (Lipinski definition) is 0. The summed E-state index contributed by atoms with van der Waals surface area (Å²) in [6.07, 6.45) is 0. The van der Waals surface area contributed by atoms with Crippen LogP contribution in [0.1, 0.15) is 15.9 Å². The summed E-state index contributed by atoms with van der Waals surface area (Å²) < 4.78 is 43.8. The molecular weight excluding hydrogens is 295 g/mol. The summed E-state index contributed by atoms with van der Waals surface area (Å²) in [6, 6.07) is 6.99. The van der Waals surface area contributed by atoms with E-state index in [0.717, 1.165) is 0 Å². The van der Waals surface area contributed by atoms with Crippen molar-refractivity contribution in [1.82, 2.24) is 4.98 Å². The summed E-state index contributed by atoms with van der Waals surface area (Å²) in [5.41, 5.74) is -0.375. The topological polar surface area (TPSA) is 39.2 Å². The predicted molar refractivity (Wildman–Crippen MR) is 64.7 cm³/mol. The lowest BCUT2D eigenvalue weighted by atomic mass is 10.2. The van der Waals surface area contributed by atoms with Crippen LogP contribution in [0.5, 0.6) is 0 Å². The Labute approximate surface area is 117 Å². The highest BCUT2D eigenvalue weighted by Gasteiger charge is 2.20. The molecule has 0 radical (unpaired) electrons. The lowest BCUT2D eigenvalue weighted by molar-refractivity contribution is 0.0465. The number of pyridine rings is 1. The minimum atomic E-state index is -1.70. The van der Waals surface area contributed by atoms with Crippen molar-refractivity contribution in [2.45, 2.75) is 6.61 Å². The third-order valence-electron chi connectivity index (χ3n) is 2.42. The van der Waals surface area contributed by atoms with Crippen LogP contribution < -0.4 is 0 Å². The summed E-state index contributed by atoms with van der Waals surface area (Å²) in [5.74, 6) is -5.78. The van der Waals surface area contributed by atoms with E-state index in [9.17, 15) is 18.0 Å². The minimum Gasteiger partial charge on any atom is -0.457 e. The van der Waals surface area contributed by atoms with Gasteiger partial charge in [-0.15, -0.1) is 0 Å². The monoisotopic (exact) mass is 301 g/mol. The molecule has 20 heavy (non-hydrogen) atoms. The molecule has 0 aliphatic rings. The van der Waals surface area contributed by atoms with Crippen LogP contribution in [0.2, 0.25) is 5.02 Å². The van der Waals surface area contributed by atoms with Gasteiger partial charge in [0.2, 0.25) is 5.95 Å². The highest BCUT2D eigenvalue weighted by molar-refractivity contribution is 6.31. The lowest BCUT2D eigenvalue weighted by Gasteiger charge is -2.07. The summed E-state index contributed by atoms with van der Waals surface area (Å²) in [7, 11) is 0. The Kier molecular flexibility index (Phi) is 4.24. The fraction of sp³-hybridized carbons (Fsp3) is 0.0769. The zero-order valence-corrected chi connectivity index (χ0v) is 10.6. The molecular formula is C13H7ClF3NO2. The molecule has 0 amide bonds. The van der Waals surface area contributed by atoms with Crippen LogP contribution >= 0.6 is 11.6 Å². The average Bonchev–Trinajstić information content (AvgIpc) is 2.41. The fourth-order valence-corrected chi connectivity index (χ4v) is 1.64. The zero-order chi connectivity index (χ0) is 14.7. The molecule has 0 fully saturated rings. The second-order valence-corrected chi connectivity index (χ2v) is 4.17. The van der Waals surface area contributed by atoms with Crippen molar-refractivity contribution in [3.05, 3.63) is 64.2 Å². The Morgan fingerprint density at radius 2 is 1.95 bits per heavy atom. The Hall–Kier alpha value is -2.08. The van der Waals surface area contributed by atoms with E-state index in [1.165, 1.54) is 0 Å². The molecule has 1 heterocycles. The van der Waals surface area contributed by atoms with Gasteiger partial charge in [0, 0.05) is 16.7 Å². The van der Waals surface area contributed by atoms with Crippen molar-refractivity contribution in [2.24, 2.45) is 0 Å². The molecule has 0 N–H and O–H groups in total. The number of halogens is 4. The van der Waals surface area contributed by atoms with Crippen molar-refractivity contribution in [3.8, 4) is 0 Å². The van der Waals surface area contributed by atoms with E-state index < -0.39 is 29.2 Å². The van der Waals surface area contributed by atoms with Crippen LogP contribution in [0.4, 0.5) is 13.2 Å². The number of carbonyl (C=O) groups excluding carboxylic acids is 1. The number of aromatic nitrogens is 1. The van der Waals surface area contributed by atoms with Crippen LogP contribution in [0, 0.1) is 17.7 Å². The van der Waals surface area contributed by atoms with Crippen molar-refractivity contribution >= 4 is 17.6 Å². The minimum absolute atomic E-state index is 0.247. The van der Waals surface area contributed by atoms with Crippen LogP contribution in [-0.2, 0) is 11.3 Å². The van der Waals surface area contributed by atoms with E-state index in [2.05, 4.69) is 4.98 Å². The maximum Gasteiger partial charge on any atom is 0.341 e. The van der Waals surface area contributed by atoms with Gasteiger partial charge >= 0.3 is 5.97 Å². The number of rotatable bonds is 3. The lowest BCUT2D eigenvalue weighted by Crippen LogP contribution is -2.11. The van der Waals surface area contributed by atoms with Crippen LogP contribution in [0.25, 0.3) is 0 Å². The van der Waals surface area contributed by atoms with Crippen LogP contribution in [-0.4, -0.2) is 11.0 Å². The van der Waals surface area contributed by atoms with Crippen molar-refractivity contribution in [2.75, 3.05) is 0 Å². The molecule has 0 aliphatic carbocycles. The molecule has 0 saturated carbocycles. The van der Waals surface area contributed by atoms with E-state index in [1.54, 1.807) is 24.3 Å². The Balaban J connectivity index is 2.15. The van der Waals surface area contributed by atoms with Crippen molar-refractivity contribution in [3.63, 3.8) is 0 Å². The fourth-order valence-electron chi connectivity index (χ4n) is 1.45. The van der Waals surface area contributed by atoms with Crippen LogP contribution in [0.15, 0.2) is 30.3 Å². The number of hydrogen-bond acceptors (Lipinski definition) is 3. The summed E-state index contributed by atoms with van der Waals surface area (Å²) >= 11 is 5.84. The molecule has 0 spiro atoms. The molecule has 2 rings (SSSR count). The molecule has 2 aromatic rings. The van der Waals surface area contributed by atoms with Crippen molar-refractivity contribution in [1.29, 1.82) is 0 Å². The highest BCUT2D eigenvalue weighted by atomic mass is 35.5. The predicted octanol–water partition coefficient (Wildman–Crippen LogP) is 3.51. The van der Waals surface area contributed by atoms with Gasteiger partial charge in [0.05, 0.1) is 0 Å². The van der Waals surface area contributed by atoms with Gasteiger partial charge in [0.15, 0.2) is 5.82 Å². The molecule has 1 aromatic carbocycles. The molecule has 104 valence electrons. The normalized spacial score (nSPS) is 10.4. The number of benzene rings is 1. The van der Waals surface area contributed by atoms with Gasteiger partial charge in [0.25, 0.3) is 5.95 Å². The van der Waals surface area contributed by atoms with Gasteiger partial charge in [-0.2, -0.15) is 13.8 Å². The van der Waals surface area contributed by atoms with Crippen molar-refractivity contribution < 1.29 is 22.7 Å². The smallest absolute Gasteiger partial charge is 0.341 e. The third kappa shape index (κ3) is 3.08. The van der Waals surface area contributed by atoms with E-state index >= 15 is 0 Å². The van der Waals surface area contributed by atoms with E-state index in [0.29, 0.717) is 16.7 Å². The quantitative estimate of drug-likeness (QED) is 0.643. The second kappa shape index (κ2) is 5.92. The van der Waals surface area contributed by atoms with Gasteiger partial charge in [-0.05, 0) is 6.07 Å². The van der Waals surface area contributed by atoms with Gasteiger partial charge < -0.3 is 4.74 Å². The summed E-state index contributed by atoms with van der Waals surface area (Å²) in [4.78, 5) is 14.2. The summed E-state index contributed by atoms with van der Waals surface area (Å²) in [6.45, 7) is -0.247. The first-order chi connectivity index (χ1) is 9.49. The summed E-state index contributed by atoms with van der Waals surface area (Å²) in [5, 5.41) is 0.355. The number of esters is 1. The SMILES string of the molecule is O=C(OCc1ccccc1Cl)c1cc(F)nc(F)c1F. The molecule has 0 aliphatic heterocycles. The number of nitrogens with zero attached hydrogens (tertiary/aromatic N) is 1. The molecule has 0 bridgehead atoms. The molecule has 3 nitrogen and oxygen atoms in total. The zero-order valence-electron chi connectivity index (χ0n) is 9.87. The first-order valence-corrected chi connectivity index (χ1v) is 5.79. The molecule has 0 unspecified atom stereocenters. The Bertz CT molecular complexity index is 664. The van der Waals surface area contributed by atoms with Gasteiger partial charge in [-0.1, -0.05) is 29.8 Å². The van der Waals surface area contributed by atoms with Crippen LogP contribution in [0.3, 0.4) is 0 Å². The maximum atomic E-state index is 13.3. The van der Waals surface area contributed by atoms with E-state index in [-0.39, 0.29) is 6.61 Å². The van der Waals surface area contributed by atoms with E-state index in [1.807, 2.05) is 0 Å². The molecule has 7 heteroatoms. The first-order valence-electron chi connectivity index (χ1n) is 5.41. The average molecular weight is 302 g/mol. The molecule has 0 saturated heterocycles. The second-order valence-electron chi connectivity index (χ2n) is 3.76. The van der Waals surface area contributed by atoms with Gasteiger partial charge in [-0.3, -0.25) is 0 Å². The highest BCUT2D eigenvalue weighted by Crippen LogP contribution is 2.18. The number of ether oxygens (including phenoxy) is 1. The Morgan fingerprint density at radius 1 is 1.25 bits per heavy atom. The van der Waals surface area contributed by atoms with E-state index in [4.69, 9.17) is 16.3 Å². The maximum absolute atomic E-state index is 13.3. The first kappa shape index (κ1) is 14.3. The van der Waals surface area contributed by atoms with Gasteiger partial charge in [0.1, 0.15) is 12.2 Å². The number of carbonyl (C=O) groups is 1. The standard InChI is InChI=1S/C13H7ClF3NO2/c14-9-4-2-1-3-7(9)6-20-13(19)8-5-10(15)18-12(17)11(8)16/h1-5H,6H2. The molecule has 0 atom stereocenters.